The molecular formula is C41H43BBr2F5NO5. The monoisotopic (exact) mass is 893 g/mol. The van der Waals surface area contributed by atoms with E-state index in [4.69, 9.17) is 13.7 Å². The average molecular weight is 895 g/mol. The molecule has 0 radical (unpaired) electrons. The van der Waals surface area contributed by atoms with E-state index >= 15 is 0 Å². The van der Waals surface area contributed by atoms with Crippen molar-refractivity contribution in [2.75, 3.05) is 0 Å². The van der Waals surface area contributed by atoms with Crippen LogP contribution in [0.5, 0.6) is 0 Å². The molecule has 2 N–H and O–H groups in total. The summed E-state index contributed by atoms with van der Waals surface area (Å²) in [7, 11) is -0.473. The number of halogens is 7. The Kier molecular flexibility index (Phi) is 14.6. The highest BCUT2D eigenvalue weighted by Gasteiger charge is 2.52. The molecule has 55 heavy (non-hydrogen) atoms. The van der Waals surface area contributed by atoms with E-state index in [2.05, 4.69) is 37.2 Å². The van der Waals surface area contributed by atoms with Crippen LogP contribution in [0.15, 0.2) is 106 Å². The summed E-state index contributed by atoms with van der Waals surface area (Å²) in [6.45, 7) is 12.2. The third-order valence-corrected chi connectivity index (χ3v) is 10.7. The first-order valence-electron chi connectivity index (χ1n) is 17.3. The molecule has 5 aromatic rings. The van der Waals surface area contributed by atoms with E-state index in [1.54, 1.807) is 19.9 Å². The minimum atomic E-state index is -4.43. The molecule has 0 aliphatic carbocycles. The van der Waals surface area contributed by atoms with E-state index < -0.39 is 48.1 Å². The zero-order chi connectivity index (χ0) is 40.8. The highest BCUT2D eigenvalue weighted by molar-refractivity contribution is 9.10. The van der Waals surface area contributed by atoms with Crippen LogP contribution in [-0.2, 0) is 44.1 Å². The fourth-order valence-electron chi connectivity index (χ4n) is 5.44. The smallest absolute Gasteiger partial charge is 0.481 e. The van der Waals surface area contributed by atoms with Gasteiger partial charge in [-0.1, -0.05) is 105 Å². The first kappa shape index (κ1) is 44.2. The minimum absolute atomic E-state index is 0.116. The number of alkyl halides is 6. The Bertz CT molecular complexity index is 2040. The molecule has 0 atom stereocenters. The number of aliphatic carboxylic acids is 1. The van der Waals surface area contributed by atoms with E-state index in [9.17, 15) is 31.9 Å². The highest BCUT2D eigenvalue weighted by Crippen LogP contribution is 2.37. The highest BCUT2D eigenvalue weighted by atomic mass is 79.9. The molecule has 4 aromatic carbocycles. The topological polar surface area (TPSA) is 80.9 Å². The summed E-state index contributed by atoms with van der Waals surface area (Å²) in [5.41, 5.74) is 1.67. The molecule has 0 amide bonds. The van der Waals surface area contributed by atoms with Crippen molar-refractivity contribution in [3.8, 4) is 0 Å². The van der Waals surface area contributed by atoms with Crippen LogP contribution in [0.1, 0.15) is 81.7 Å². The Morgan fingerprint density at radius 1 is 0.855 bits per heavy atom. The normalized spacial score (nSPS) is 15.0. The van der Waals surface area contributed by atoms with Crippen LogP contribution in [0, 0.1) is 0 Å². The van der Waals surface area contributed by atoms with Crippen LogP contribution in [0.25, 0.3) is 10.8 Å². The van der Waals surface area contributed by atoms with Gasteiger partial charge in [0, 0.05) is 21.9 Å². The van der Waals surface area contributed by atoms with Crippen molar-refractivity contribution in [3.05, 3.63) is 135 Å². The Morgan fingerprint density at radius 3 is 2.05 bits per heavy atom. The molecule has 1 saturated heterocycles. The number of rotatable bonds is 9. The Balaban J connectivity index is 0.000000186. The van der Waals surface area contributed by atoms with Crippen LogP contribution in [-0.4, -0.2) is 29.4 Å². The number of carboxylic acids is 1. The van der Waals surface area contributed by atoms with Crippen LogP contribution < -0.4 is 10.8 Å². The van der Waals surface area contributed by atoms with Gasteiger partial charge in [-0.3, -0.25) is 4.79 Å². The first-order chi connectivity index (χ1) is 25.7. The van der Waals surface area contributed by atoms with Gasteiger partial charge in [-0.05, 0) is 98.7 Å². The largest absolute Gasteiger partial charge is 0.494 e. The van der Waals surface area contributed by atoms with Gasteiger partial charge >= 0.3 is 19.3 Å². The molecule has 2 heterocycles. The van der Waals surface area contributed by atoms with E-state index in [0.717, 1.165) is 37.9 Å². The van der Waals surface area contributed by atoms with Gasteiger partial charge in [-0.25, -0.2) is 8.78 Å². The summed E-state index contributed by atoms with van der Waals surface area (Å²) in [5.74, 6) is -1.55. The maximum absolute atomic E-state index is 12.7. The number of hydrogen-bond acceptors (Lipinski definition) is 5. The van der Waals surface area contributed by atoms with Crippen LogP contribution in [0.3, 0.4) is 0 Å². The van der Waals surface area contributed by atoms with Gasteiger partial charge in [0.25, 0.3) is 6.43 Å². The SMILES string of the molecule is CC(C)(C(=O)O)c1cccc(B2OC(C)(C)C(C)(C)O2)c1.FC(F)(F)c1ccc(CNCc2ccc(Br)cc2)o1.FC(F)c1ccc2ccccc2c1CBr. The molecule has 14 heteroatoms. The summed E-state index contributed by atoms with van der Waals surface area (Å²) < 4.78 is 80.1. The summed E-state index contributed by atoms with van der Waals surface area (Å²) in [6.07, 6.45) is -6.84. The van der Waals surface area contributed by atoms with E-state index in [0.29, 0.717) is 17.4 Å². The zero-order valence-electron chi connectivity index (χ0n) is 31.2. The zero-order valence-corrected chi connectivity index (χ0v) is 34.4. The summed E-state index contributed by atoms with van der Waals surface area (Å²) in [5, 5.41) is 14.7. The maximum atomic E-state index is 12.7. The van der Waals surface area contributed by atoms with Gasteiger partial charge in [-0.15, -0.1) is 0 Å². The molecule has 294 valence electrons. The fourth-order valence-corrected chi connectivity index (χ4v) is 6.33. The molecule has 0 bridgehead atoms. The van der Waals surface area contributed by atoms with Gasteiger partial charge in [-0.2, -0.15) is 13.2 Å². The number of benzene rings is 4. The quantitative estimate of drug-likeness (QED) is 0.0872. The van der Waals surface area contributed by atoms with Crippen LogP contribution in [0.4, 0.5) is 22.0 Å². The number of carbonyl (C=O) groups is 1. The molecule has 1 fully saturated rings. The summed E-state index contributed by atoms with van der Waals surface area (Å²) >= 11 is 6.59. The predicted octanol–water partition coefficient (Wildman–Crippen LogP) is 11.4. The van der Waals surface area contributed by atoms with E-state index in [1.807, 2.05) is 100 Å². The van der Waals surface area contributed by atoms with Gasteiger partial charge in [0.05, 0.1) is 23.2 Å². The number of hydrogen-bond donors (Lipinski definition) is 2. The molecule has 0 spiro atoms. The lowest BCUT2D eigenvalue weighted by Crippen LogP contribution is -2.41. The second-order valence-corrected chi connectivity index (χ2v) is 15.9. The standard InChI is InChI=1S/C16H23BO4.C13H11BrF3NO.C12H9BrF2/c1-14(2,13(18)19)11-8-7-9-12(10-11)17-20-15(3,4)16(5,6)21-17;14-10-3-1-9(2-4-10)7-18-8-11-5-6-12(19-11)13(15,16)17;13-7-11-9-4-2-1-3-8(9)5-6-10(11)12(14)15/h7-10H,1-6H3,(H,18,19);1-6,18H,7-8H2;1-6,12H,7H2. The second kappa shape index (κ2) is 18.1. The number of nitrogens with one attached hydrogen (secondary N) is 1. The Hall–Kier alpha value is -3.56. The molecule has 0 unspecified atom stereocenters. The van der Waals surface area contributed by atoms with Crippen LogP contribution in [0.2, 0.25) is 0 Å². The second-order valence-electron chi connectivity index (χ2n) is 14.4. The fraction of sp³-hybridized carbons (Fsp3) is 0.341. The van der Waals surface area contributed by atoms with Crippen molar-refractivity contribution in [3.63, 3.8) is 0 Å². The van der Waals surface area contributed by atoms with Crippen LogP contribution >= 0.6 is 31.9 Å². The molecule has 0 saturated carbocycles. The first-order valence-corrected chi connectivity index (χ1v) is 19.2. The van der Waals surface area contributed by atoms with E-state index in [1.165, 1.54) is 12.1 Å². The Morgan fingerprint density at radius 2 is 1.49 bits per heavy atom. The van der Waals surface area contributed by atoms with Gasteiger partial charge in [0.2, 0.25) is 5.76 Å². The number of furan rings is 1. The lowest BCUT2D eigenvalue weighted by atomic mass is 9.75. The molecule has 1 aromatic heterocycles. The average Bonchev–Trinajstić information content (AvgIpc) is 3.70. The van der Waals surface area contributed by atoms with Crippen molar-refractivity contribution in [2.24, 2.45) is 0 Å². The van der Waals surface area contributed by atoms with E-state index in [-0.39, 0.29) is 17.9 Å². The predicted molar refractivity (Wildman–Crippen MR) is 213 cm³/mol. The van der Waals surface area contributed by atoms with Crippen molar-refractivity contribution < 1.29 is 45.6 Å². The van der Waals surface area contributed by atoms with Crippen molar-refractivity contribution >= 4 is 61.2 Å². The molecule has 6 rings (SSSR count). The maximum Gasteiger partial charge on any atom is 0.494 e. The van der Waals surface area contributed by atoms with Crippen molar-refractivity contribution in [1.29, 1.82) is 0 Å². The summed E-state index contributed by atoms with van der Waals surface area (Å²) in [6, 6.07) is 28.2. The Labute approximate surface area is 335 Å². The number of carboxylic acid groups (broad SMARTS) is 1. The summed E-state index contributed by atoms with van der Waals surface area (Å²) in [4.78, 5) is 11.4. The van der Waals surface area contributed by atoms with Gasteiger partial charge in [0.15, 0.2) is 0 Å². The number of fused-ring (bicyclic) bond motifs is 1. The molecular weight excluding hydrogens is 852 g/mol. The molecule has 1 aliphatic rings. The van der Waals surface area contributed by atoms with Gasteiger partial charge < -0.3 is 24.1 Å². The molecule has 1 aliphatic heterocycles. The lowest BCUT2D eigenvalue weighted by molar-refractivity contribution is -0.153. The van der Waals surface area contributed by atoms with Gasteiger partial charge in [0.1, 0.15) is 5.76 Å². The third-order valence-electron chi connectivity index (χ3n) is 9.60. The third kappa shape index (κ3) is 11.3. The lowest BCUT2D eigenvalue weighted by Gasteiger charge is -2.32. The van der Waals surface area contributed by atoms with Crippen molar-refractivity contribution in [1.82, 2.24) is 5.32 Å². The molecule has 6 nitrogen and oxygen atoms in total. The van der Waals surface area contributed by atoms with Crippen molar-refractivity contribution in [2.45, 2.75) is 89.2 Å². The minimum Gasteiger partial charge on any atom is -0.481 e.